The second kappa shape index (κ2) is 7.93. The SMILES string of the molecule is CCOC(=O)c1sc(NC(=O)CSc2nc(N)cc(N)n2)nc1C. The highest BCUT2D eigenvalue weighted by Crippen LogP contribution is 2.24. The van der Waals surface area contributed by atoms with Crippen molar-refractivity contribution in [1.82, 2.24) is 15.0 Å². The number of anilines is 3. The number of carbonyl (C=O) groups is 2. The van der Waals surface area contributed by atoms with E-state index in [1.807, 2.05) is 0 Å². The number of esters is 1. The Labute approximate surface area is 146 Å². The standard InChI is InChI=1S/C13H16N6O3S2/c1-3-22-11(21)10-6(2)16-13(24-10)19-9(20)5-23-12-17-7(14)4-8(15)18-12/h4H,3,5H2,1-2H3,(H,16,19,20)(H4,14,15,17,18). The molecule has 0 spiro atoms. The summed E-state index contributed by atoms with van der Waals surface area (Å²) in [5.41, 5.74) is 11.6. The molecular weight excluding hydrogens is 352 g/mol. The molecule has 0 radical (unpaired) electrons. The van der Waals surface area contributed by atoms with E-state index >= 15 is 0 Å². The molecule has 2 heterocycles. The van der Waals surface area contributed by atoms with Crippen LogP contribution < -0.4 is 16.8 Å². The quantitative estimate of drug-likeness (QED) is 0.390. The summed E-state index contributed by atoms with van der Waals surface area (Å²) < 4.78 is 4.93. The van der Waals surface area contributed by atoms with Crippen LogP contribution in [-0.4, -0.2) is 39.2 Å². The van der Waals surface area contributed by atoms with Gasteiger partial charge in [0.2, 0.25) is 5.91 Å². The van der Waals surface area contributed by atoms with Crippen LogP contribution in [0.15, 0.2) is 11.2 Å². The highest BCUT2D eigenvalue weighted by molar-refractivity contribution is 7.99. The fourth-order valence-corrected chi connectivity index (χ4v) is 3.20. The zero-order chi connectivity index (χ0) is 17.7. The summed E-state index contributed by atoms with van der Waals surface area (Å²) in [4.78, 5) is 36.2. The number of aromatic nitrogens is 3. The van der Waals surface area contributed by atoms with Crippen molar-refractivity contribution in [1.29, 1.82) is 0 Å². The molecule has 128 valence electrons. The van der Waals surface area contributed by atoms with Gasteiger partial charge in [0.25, 0.3) is 0 Å². The molecule has 1 amide bonds. The van der Waals surface area contributed by atoms with Gasteiger partial charge in [-0.1, -0.05) is 23.1 Å². The molecule has 0 fully saturated rings. The van der Waals surface area contributed by atoms with E-state index in [1.54, 1.807) is 13.8 Å². The summed E-state index contributed by atoms with van der Waals surface area (Å²) in [5.74, 6) is -0.240. The first-order valence-corrected chi connectivity index (χ1v) is 8.66. The molecule has 9 nitrogen and oxygen atoms in total. The zero-order valence-electron chi connectivity index (χ0n) is 13.0. The number of nitrogens with one attached hydrogen (secondary N) is 1. The lowest BCUT2D eigenvalue weighted by Gasteiger charge is -2.03. The van der Waals surface area contributed by atoms with E-state index in [1.165, 1.54) is 6.07 Å². The average Bonchev–Trinajstić information content (AvgIpc) is 2.85. The molecule has 0 bridgehead atoms. The highest BCUT2D eigenvalue weighted by Gasteiger charge is 2.17. The molecule has 0 saturated heterocycles. The van der Waals surface area contributed by atoms with Gasteiger partial charge in [0, 0.05) is 6.07 Å². The van der Waals surface area contributed by atoms with Crippen molar-refractivity contribution in [3.8, 4) is 0 Å². The van der Waals surface area contributed by atoms with Gasteiger partial charge in [-0.05, 0) is 13.8 Å². The number of rotatable bonds is 6. The minimum absolute atomic E-state index is 0.0518. The van der Waals surface area contributed by atoms with Crippen molar-refractivity contribution in [2.24, 2.45) is 0 Å². The summed E-state index contributed by atoms with van der Waals surface area (Å²) in [6.45, 7) is 3.67. The fraction of sp³-hybridized carbons (Fsp3) is 0.308. The number of thioether (sulfide) groups is 1. The first kappa shape index (κ1) is 17.9. The van der Waals surface area contributed by atoms with E-state index in [0.717, 1.165) is 23.1 Å². The number of hydrogen-bond acceptors (Lipinski definition) is 10. The number of aryl methyl sites for hydroxylation is 1. The van der Waals surface area contributed by atoms with Crippen molar-refractivity contribution < 1.29 is 14.3 Å². The van der Waals surface area contributed by atoms with Crippen molar-refractivity contribution in [3.63, 3.8) is 0 Å². The van der Waals surface area contributed by atoms with Gasteiger partial charge in [-0.15, -0.1) is 0 Å². The molecule has 0 atom stereocenters. The van der Waals surface area contributed by atoms with Crippen molar-refractivity contribution in [2.75, 3.05) is 29.1 Å². The largest absolute Gasteiger partial charge is 0.462 e. The molecule has 0 aliphatic heterocycles. The number of thiazole rings is 1. The van der Waals surface area contributed by atoms with Crippen molar-refractivity contribution in [3.05, 3.63) is 16.6 Å². The van der Waals surface area contributed by atoms with Crippen LogP contribution in [0.3, 0.4) is 0 Å². The third-order valence-electron chi connectivity index (χ3n) is 2.58. The van der Waals surface area contributed by atoms with Gasteiger partial charge >= 0.3 is 5.97 Å². The molecule has 2 aromatic rings. The van der Waals surface area contributed by atoms with Crippen LogP contribution in [0.1, 0.15) is 22.3 Å². The maximum atomic E-state index is 12.0. The highest BCUT2D eigenvalue weighted by atomic mass is 32.2. The molecular formula is C13H16N6O3S2. The second-order valence-electron chi connectivity index (χ2n) is 4.49. The number of nitrogens with zero attached hydrogens (tertiary/aromatic N) is 3. The molecule has 0 aliphatic rings. The van der Waals surface area contributed by atoms with Gasteiger partial charge < -0.3 is 21.5 Å². The fourth-order valence-electron chi connectivity index (χ4n) is 1.65. The van der Waals surface area contributed by atoms with Gasteiger partial charge in [0.1, 0.15) is 16.5 Å². The molecule has 0 unspecified atom stereocenters. The van der Waals surface area contributed by atoms with E-state index in [9.17, 15) is 9.59 Å². The number of nitrogen functional groups attached to an aromatic ring is 2. The van der Waals surface area contributed by atoms with Gasteiger partial charge in [0.05, 0.1) is 18.1 Å². The first-order valence-electron chi connectivity index (χ1n) is 6.86. The maximum Gasteiger partial charge on any atom is 0.350 e. The Balaban J connectivity index is 1.95. The number of ether oxygens (including phenoxy) is 1. The lowest BCUT2D eigenvalue weighted by atomic mass is 10.4. The predicted octanol–water partition coefficient (Wildman–Crippen LogP) is 1.31. The van der Waals surface area contributed by atoms with E-state index in [4.69, 9.17) is 16.2 Å². The Morgan fingerprint density at radius 1 is 1.29 bits per heavy atom. The zero-order valence-corrected chi connectivity index (χ0v) is 14.7. The Bertz CT molecular complexity index is 744. The van der Waals surface area contributed by atoms with Crippen LogP contribution >= 0.6 is 23.1 Å². The van der Waals surface area contributed by atoms with Crippen LogP contribution in [0.5, 0.6) is 0 Å². The smallest absolute Gasteiger partial charge is 0.350 e. The van der Waals surface area contributed by atoms with Crippen LogP contribution in [-0.2, 0) is 9.53 Å². The molecule has 0 saturated carbocycles. The number of amides is 1. The normalized spacial score (nSPS) is 10.4. The number of nitrogens with two attached hydrogens (primary N) is 2. The topological polar surface area (TPSA) is 146 Å². The van der Waals surface area contributed by atoms with E-state index < -0.39 is 5.97 Å². The molecule has 11 heteroatoms. The first-order chi connectivity index (χ1) is 11.4. The minimum atomic E-state index is -0.453. The van der Waals surface area contributed by atoms with Crippen LogP contribution in [0.25, 0.3) is 0 Å². The Kier molecular flexibility index (Phi) is 5.93. The van der Waals surface area contributed by atoms with Crippen molar-refractivity contribution >= 4 is 51.7 Å². The third-order valence-corrected chi connectivity index (χ3v) is 4.48. The lowest BCUT2D eigenvalue weighted by Crippen LogP contribution is -2.14. The Morgan fingerprint density at radius 3 is 2.58 bits per heavy atom. The van der Waals surface area contributed by atoms with E-state index in [0.29, 0.717) is 20.9 Å². The summed E-state index contributed by atoms with van der Waals surface area (Å²) in [7, 11) is 0. The van der Waals surface area contributed by atoms with Gasteiger partial charge in [-0.3, -0.25) is 4.79 Å². The van der Waals surface area contributed by atoms with Crippen LogP contribution in [0.4, 0.5) is 16.8 Å². The number of hydrogen-bond donors (Lipinski definition) is 3. The van der Waals surface area contributed by atoms with Crippen LogP contribution in [0.2, 0.25) is 0 Å². The molecule has 0 aliphatic carbocycles. The lowest BCUT2D eigenvalue weighted by molar-refractivity contribution is -0.113. The summed E-state index contributed by atoms with van der Waals surface area (Å²) in [6, 6.07) is 1.43. The summed E-state index contributed by atoms with van der Waals surface area (Å²) in [6.07, 6.45) is 0. The van der Waals surface area contributed by atoms with Gasteiger partial charge in [-0.2, -0.15) is 0 Å². The molecule has 2 rings (SSSR count). The van der Waals surface area contributed by atoms with E-state index in [2.05, 4.69) is 20.3 Å². The minimum Gasteiger partial charge on any atom is -0.462 e. The molecule has 2 aromatic heterocycles. The summed E-state index contributed by atoms with van der Waals surface area (Å²) in [5, 5.41) is 3.26. The van der Waals surface area contributed by atoms with E-state index in [-0.39, 0.29) is 29.9 Å². The third kappa shape index (κ3) is 4.80. The second-order valence-corrected chi connectivity index (χ2v) is 6.43. The molecule has 24 heavy (non-hydrogen) atoms. The monoisotopic (exact) mass is 368 g/mol. The summed E-state index contributed by atoms with van der Waals surface area (Å²) >= 11 is 2.16. The van der Waals surface area contributed by atoms with Gasteiger partial charge in [0.15, 0.2) is 10.3 Å². The Hall–Kier alpha value is -2.40. The number of carbonyl (C=O) groups excluding carboxylic acids is 2. The predicted molar refractivity (Wildman–Crippen MR) is 93.0 cm³/mol. The maximum absolute atomic E-state index is 12.0. The molecule has 5 N–H and O–H groups in total. The van der Waals surface area contributed by atoms with Gasteiger partial charge in [-0.25, -0.2) is 19.7 Å². The average molecular weight is 368 g/mol. The van der Waals surface area contributed by atoms with Crippen LogP contribution in [0, 0.1) is 6.92 Å². The van der Waals surface area contributed by atoms with Crippen molar-refractivity contribution in [2.45, 2.75) is 19.0 Å². The molecule has 0 aromatic carbocycles. The Morgan fingerprint density at radius 2 is 1.96 bits per heavy atom.